The van der Waals surface area contributed by atoms with E-state index < -0.39 is 28.8 Å². The van der Waals surface area contributed by atoms with Gasteiger partial charge in [-0.3, -0.25) is 4.90 Å². The standard InChI is InChI=1S/C13H17F3N2O3S/c1-17-22(20,21)11-4-2-3-9-7-18(6-5-10(9)11)8-12(19)13(14,15)16/h2-4,12,17,19H,5-8H2,1H3. The Kier molecular flexibility index (Phi) is 4.81. The number of β-amino-alcohol motifs (C(OH)–C–C–N with tert-alkyl or cyclic N) is 1. The fourth-order valence-corrected chi connectivity index (χ4v) is 3.53. The molecule has 22 heavy (non-hydrogen) atoms. The van der Waals surface area contributed by atoms with Crippen molar-refractivity contribution in [1.82, 2.24) is 9.62 Å². The Morgan fingerprint density at radius 2 is 2.09 bits per heavy atom. The summed E-state index contributed by atoms with van der Waals surface area (Å²) in [5.41, 5.74) is 1.28. The molecule has 0 spiro atoms. The van der Waals surface area contributed by atoms with Crippen LogP contribution < -0.4 is 4.72 Å². The molecule has 0 saturated carbocycles. The van der Waals surface area contributed by atoms with Crippen molar-refractivity contribution in [2.45, 2.75) is 30.1 Å². The summed E-state index contributed by atoms with van der Waals surface area (Å²) in [5.74, 6) is 0. The summed E-state index contributed by atoms with van der Waals surface area (Å²) in [6.07, 6.45) is -6.74. The van der Waals surface area contributed by atoms with Crippen LogP contribution in [0.3, 0.4) is 0 Å². The molecular formula is C13H17F3N2O3S. The molecule has 0 aromatic heterocycles. The Bertz CT molecular complexity index is 646. The number of nitrogens with one attached hydrogen (secondary N) is 1. The van der Waals surface area contributed by atoms with Gasteiger partial charge in [0.1, 0.15) is 0 Å². The molecule has 0 amide bonds. The number of hydrogen-bond acceptors (Lipinski definition) is 4. The summed E-state index contributed by atoms with van der Waals surface area (Å²) in [6, 6.07) is 4.73. The normalized spacial score (nSPS) is 18.0. The maximum atomic E-state index is 12.4. The number of halogens is 3. The monoisotopic (exact) mass is 338 g/mol. The van der Waals surface area contributed by atoms with E-state index in [1.54, 1.807) is 12.1 Å². The van der Waals surface area contributed by atoms with E-state index >= 15 is 0 Å². The molecule has 2 rings (SSSR count). The topological polar surface area (TPSA) is 69.6 Å². The summed E-state index contributed by atoms with van der Waals surface area (Å²) in [6.45, 7) is -0.0854. The molecule has 1 aliphatic heterocycles. The van der Waals surface area contributed by atoms with Crippen molar-refractivity contribution in [1.29, 1.82) is 0 Å². The van der Waals surface area contributed by atoms with E-state index in [1.807, 2.05) is 0 Å². The number of aliphatic hydroxyl groups is 1. The lowest BCUT2D eigenvalue weighted by Gasteiger charge is -2.31. The van der Waals surface area contributed by atoms with Gasteiger partial charge in [-0.05, 0) is 30.7 Å². The van der Waals surface area contributed by atoms with E-state index in [0.717, 1.165) is 0 Å². The molecule has 1 aromatic rings. The third-order valence-electron chi connectivity index (χ3n) is 3.67. The van der Waals surface area contributed by atoms with Crippen LogP contribution in [0.5, 0.6) is 0 Å². The molecule has 0 fully saturated rings. The highest BCUT2D eigenvalue weighted by atomic mass is 32.2. The van der Waals surface area contributed by atoms with Gasteiger partial charge in [-0.1, -0.05) is 12.1 Å². The fraction of sp³-hybridized carbons (Fsp3) is 0.538. The zero-order valence-electron chi connectivity index (χ0n) is 11.9. The van der Waals surface area contributed by atoms with Gasteiger partial charge in [-0.15, -0.1) is 0 Å². The lowest BCUT2D eigenvalue weighted by atomic mass is 9.99. The third-order valence-corrected chi connectivity index (χ3v) is 5.17. The van der Waals surface area contributed by atoms with Crippen LogP contribution in [-0.4, -0.2) is 50.8 Å². The number of rotatable bonds is 4. The van der Waals surface area contributed by atoms with E-state index in [4.69, 9.17) is 5.11 Å². The second-order valence-electron chi connectivity index (χ2n) is 5.14. The first-order chi connectivity index (χ1) is 10.1. The van der Waals surface area contributed by atoms with Crippen molar-refractivity contribution < 1.29 is 26.7 Å². The molecule has 9 heteroatoms. The maximum Gasteiger partial charge on any atom is 0.415 e. The van der Waals surface area contributed by atoms with Gasteiger partial charge in [-0.2, -0.15) is 13.2 Å². The summed E-state index contributed by atoms with van der Waals surface area (Å²) in [4.78, 5) is 1.62. The van der Waals surface area contributed by atoms with Crippen LogP contribution in [-0.2, 0) is 23.0 Å². The largest absolute Gasteiger partial charge is 0.415 e. The number of sulfonamides is 1. The minimum atomic E-state index is -4.66. The lowest BCUT2D eigenvalue weighted by Crippen LogP contribution is -2.43. The van der Waals surface area contributed by atoms with Crippen molar-refractivity contribution in [2.75, 3.05) is 20.1 Å². The highest BCUT2D eigenvalue weighted by molar-refractivity contribution is 7.89. The number of aliphatic hydroxyl groups excluding tert-OH is 1. The first-order valence-electron chi connectivity index (χ1n) is 6.66. The van der Waals surface area contributed by atoms with Crippen LogP contribution >= 0.6 is 0 Å². The summed E-state index contributed by atoms with van der Waals surface area (Å²) in [5, 5.41) is 9.14. The van der Waals surface area contributed by atoms with Gasteiger partial charge in [0.15, 0.2) is 6.10 Å². The van der Waals surface area contributed by atoms with E-state index in [9.17, 15) is 21.6 Å². The van der Waals surface area contributed by atoms with Gasteiger partial charge in [0.2, 0.25) is 10.0 Å². The fourth-order valence-electron chi connectivity index (χ4n) is 2.50. The number of nitrogens with zero attached hydrogens (tertiary/aromatic N) is 1. The molecule has 1 unspecified atom stereocenters. The average molecular weight is 338 g/mol. The number of fused-ring (bicyclic) bond motifs is 1. The third kappa shape index (κ3) is 3.60. The van der Waals surface area contributed by atoms with E-state index in [2.05, 4.69) is 4.72 Å². The zero-order chi connectivity index (χ0) is 16.5. The molecule has 1 heterocycles. The smallest absolute Gasteiger partial charge is 0.382 e. The molecule has 0 aliphatic carbocycles. The highest BCUT2D eigenvalue weighted by Crippen LogP contribution is 2.27. The summed E-state index contributed by atoms with van der Waals surface area (Å²) in [7, 11) is -2.29. The van der Waals surface area contributed by atoms with Gasteiger partial charge < -0.3 is 5.11 Å². The Morgan fingerprint density at radius 3 is 2.68 bits per heavy atom. The number of alkyl halides is 3. The van der Waals surface area contributed by atoms with E-state index in [-0.39, 0.29) is 18.0 Å². The number of benzene rings is 1. The average Bonchev–Trinajstić information content (AvgIpc) is 2.45. The van der Waals surface area contributed by atoms with Crippen molar-refractivity contribution in [3.05, 3.63) is 29.3 Å². The van der Waals surface area contributed by atoms with Crippen LogP contribution in [0.4, 0.5) is 13.2 Å². The molecule has 1 aliphatic rings. The van der Waals surface area contributed by atoms with Crippen LogP contribution in [0.2, 0.25) is 0 Å². The molecule has 124 valence electrons. The number of hydrogen-bond donors (Lipinski definition) is 2. The minimum absolute atomic E-state index is 0.156. The molecule has 0 bridgehead atoms. The van der Waals surface area contributed by atoms with E-state index in [0.29, 0.717) is 17.5 Å². The Labute approximate surface area is 126 Å². The van der Waals surface area contributed by atoms with Crippen molar-refractivity contribution >= 4 is 10.0 Å². The van der Waals surface area contributed by atoms with Gasteiger partial charge >= 0.3 is 6.18 Å². The Morgan fingerprint density at radius 1 is 1.41 bits per heavy atom. The van der Waals surface area contributed by atoms with Crippen LogP contribution in [0, 0.1) is 0 Å². The van der Waals surface area contributed by atoms with E-state index in [1.165, 1.54) is 18.0 Å². The van der Waals surface area contributed by atoms with Gasteiger partial charge in [-0.25, -0.2) is 13.1 Å². The molecule has 0 saturated heterocycles. The molecular weight excluding hydrogens is 321 g/mol. The Balaban J connectivity index is 2.21. The molecule has 1 aromatic carbocycles. The van der Waals surface area contributed by atoms with Gasteiger partial charge in [0.25, 0.3) is 0 Å². The first kappa shape index (κ1) is 17.2. The predicted molar refractivity (Wildman–Crippen MR) is 73.7 cm³/mol. The van der Waals surface area contributed by atoms with Crippen molar-refractivity contribution in [2.24, 2.45) is 0 Å². The molecule has 0 radical (unpaired) electrons. The van der Waals surface area contributed by atoms with Crippen LogP contribution in [0.15, 0.2) is 23.1 Å². The SMILES string of the molecule is CNS(=O)(=O)c1cccc2c1CCN(CC(O)C(F)(F)F)C2. The second-order valence-corrected chi connectivity index (χ2v) is 7.00. The molecule has 2 N–H and O–H groups in total. The lowest BCUT2D eigenvalue weighted by molar-refractivity contribution is -0.208. The predicted octanol–water partition coefficient (Wildman–Crippen LogP) is 0.876. The van der Waals surface area contributed by atoms with Crippen molar-refractivity contribution in [3.63, 3.8) is 0 Å². The summed E-state index contributed by atoms with van der Waals surface area (Å²) < 4.78 is 63.3. The minimum Gasteiger partial charge on any atom is -0.382 e. The van der Waals surface area contributed by atoms with Crippen LogP contribution in [0.25, 0.3) is 0 Å². The Hall–Kier alpha value is -1.16. The second kappa shape index (κ2) is 6.15. The zero-order valence-corrected chi connectivity index (χ0v) is 12.7. The first-order valence-corrected chi connectivity index (χ1v) is 8.15. The maximum absolute atomic E-state index is 12.4. The van der Waals surface area contributed by atoms with Gasteiger partial charge in [0.05, 0.1) is 4.90 Å². The van der Waals surface area contributed by atoms with Gasteiger partial charge in [0, 0.05) is 19.6 Å². The van der Waals surface area contributed by atoms with Crippen LogP contribution in [0.1, 0.15) is 11.1 Å². The van der Waals surface area contributed by atoms with Crippen molar-refractivity contribution in [3.8, 4) is 0 Å². The molecule has 5 nitrogen and oxygen atoms in total. The summed E-state index contributed by atoms with van der Waals surface area (Å²) >= 11 is 0. The highest BCUT2D eigenvalue weighted by Gasteiger charge is 2.39. The quantitative estimate of drug-likeness (QED) is 0.855. The molecule has 1 atom stereocenters.